The first-order chi connectivity index (χ1) is 13.0. The molecule has 0 aromatic carbocycles. The van der Waals surface area contributed by atoms with Gasteiger partial charge >= 0.3 is 0 Å². The number of hydrogen-bond acceptors (Lipinski definition) is 5. The van der Waals surface area contributed by atoms with Crippen LogP contribution in [0, 0.1) is 5.41 Å². The second-order valence-corrected chi connectivity index (χ2v) is 8.75. The van der Waals surface area contributed by atoms with E-state index in [0.29, 0.717) is 25.9 Å². The Morgan fingerprint density at radius 2 is 1.86 bits per heavy atom. The van der Waals surface area contributed by atoms with Gasteiger partial charge in [0.15, 0.2) is 0 Å². The lowest BCUT2D eigenvalue weighted by Gasteiger charge is -2.41. The van der Waals surface area contributed by atoms with E-state index in [1.165, 1.54) is 0 Å². The molecule has 162 valence electrons. The minimum atomic E-state index is -0.614. The van der Waals surface area contributed by atoms with Crippen LogP contribution in [0.1, 0.15) is 47.5 Å². The quantitative estimate of drug-likeness (QED) is 0.429. The Balaban J connectivity index is 2.66. The zero-order valence-corrected chi connectivity index (χ0v) is 18.9. The third-order valence-corrected chi connectivity index (χ3v) is 5.64. The van der Waals surface area contributed by atoms with Gasteiger partial charge in [-0.3, -0.25) is 9.69 Å². The maximum absolute atomic E-state index is 12.9. The van der Waals surface area contributed by atoms with E-state index in [4.69, 9.17) is 14.2 Å². The van der Waals surface area contributed by atoms with Crippen molar-refractivity contribution < 1.29 is 19.0 Å². The molecule has 0 spiro atoms. The van der Waals surface area contributed by atoms with Gasteiger partial charge in [0.25, 0.3) is 0 Å². The molecule has 1 amide bonds. The first-order valence-electron chi connectivity index (χ1n) is 10.1. The first-order valence-corrected chi connectivity index (χ1v) is 10.1. The minimum Gasteiger partial charge on any atom is -0.382 e. The number of allylic oxidation sites excluding steroid dienone is 2. The summed E-state index contributed by atoms with van der Waals surface area (Å²) in [5, 5.41) is 3.05. The Kier molecular flexibility index (Phi) is 9.84. The van der Waals surface area contributed by atoms with E-state index in [1.807, 2.05) is 33.9 Å². The van der Waals surface area contributed by atoms with Crippen LogP contribution < -0.4 is 5.32 Å². The van der Waals surface area contributed by atoms with Crippen LogP contribution in [0.25, 0.3) is 0 Å². The Labute approximate surface area is 171 Å². The standard InChI is InChI=1S/C22H40N2O4/c1-17(21(3,4)16-28-14-13-26-8)15-18(2)23-20(25)22(5,6)24(7)19-9-11-27-12-10-19/h15,19H,1,9-14,16H2,2-8H3,(H,23,25)/b18-15+. The Hall–Kier alpha value is -1.21. The lowest BCUT2D eigenvalue weighted by atomic mass is 9.85. The van der Waals surface area contributed by atoms with Crippen LogP contribution in [0.4, 0.5) is 0 Å². The van der Waals surface area contributed by atoms with Gasteiger partial charge in [0, 0.05) is 37.5 Å². The molecule has 0 unspecified atom stereocenters. The largest absolute Gasteiger partial charge is 0.382 e. The van der Waals surface area contributed by atoms with E-state index in [9.17, 15) is 4.79 Å². The molecule has 0 atom stereocenters. The highest BCUT2D eigenvalue weighted by molar-refractivity contribution is 5.86. The van der Waals surface area contributed by atoms with Gasteiger partial charge in [0.05, 0.1) is 25.4 Å². The molecule has 28 heavy (non-hydrogen) atoms. The Bertz CT molecular complexity index is 549. The number of nitrogens with one attached hydrogen (secondary N) is 1. The monoisotopic (exact) mass is 396 g/mol. The van der Waals surface area contributed by atoms with E-state index in [0.717, 1.165) is 37.3 Å². The van der Waals surface area contributed by atoms with E-state index in [1.54, 1.807) is 7.11 Å². The fraction of sp³-hybridized carbons (Fsp3) is 0.773. The van der Waals surface area contributed by atoms with Crippen LogP contribution in [0.5, 0.6) is 0 Å². The fourth-order valence-electron chi connectivity index (χ4n) is 3.08. The number of hydrogen-bond donors (Lipinski definition) is 1. The van der Waals surface area contributed by atoms with Crippen LogP contribution in [0.3, 0.4) is 0 Å². The topological polar surface area (TPSA) is 60.0 Å². The van der Waals surface area contributed by atoms with Crippen LogP contribution in [0.15, 0.2) is 23.9 Å². The summed E-state index contributed by atoms with van der Waals surface area (Å²) in [6.45, 7) is 17.4. The van der Waals surface area contributed by atoms with E-state index in [2.05, 4.69) is 30.6 Å². The van der Waals surface area contributed by atoms with Crippen molar-refractivity contribution in [1.29, 1.82) is 0 Å². The maximum atomic E-state index is 12.9. The number of carbonyl (C=O) groups is 1. The average molecular weight is 397 g/mol. The number of amides is 1. The Morgan fingerprint density at radius 1 is 1.25 bits per heavy atom. The lowest BCUT2D eigenvalue weighted by Crippen LogP contribution is -2.57. The van der Waals surface area contributed by atoms with Crippen LogP contribution in [0.2, 0.25) is 0 Å². The van der Waals surface area contributed by atoms with Crippen molar-refractivity contribution in [3.05, 3.63) is 23.9 Å². The van der Waals surface area contributed by atoms with Crippen molar-refractivity contribution in [2.45, 2.75) is 59.0 Å². The fourth-order valence-corrected chi connectivity index (χ4v) is 3.08. The minimum absolute atomic E-state index is 0.0165. The molecule has 1 aliphatic rings. The smallest absolute Gasteiger partial charge is 0.244 e. The van der Waals surface area contributed by atoms with Gasteiger partial charge < -0.3 is 19.5 Å². The normalized spacial score (nSPS) is 17.1. The molecule has 6 nitrogen and oxygen atoms in total. The summed E-state index contributed by atoms with van der Waals surface area (Å²) in [4.78, 5) is 15.1. The zero-order valence-electron chi connectivity index (χ0n) is 18.9. The van der Waals surface area contributed by atoms with Crippen molar-refractivity contribution in [2.24, 2.45) is 5.41 Å². The second kappa shape index (κ2) is 11.1. The second-order valence-electron chi connectivity index (χ2n) is 8.75. The molecule has 1 aliphatic heterocycles. The number of methoxy groups -OCH3 is 1. The van der Waals surface area contributed by atoms with Gasteiger partial charge in [-0.2, -0.15) is 0 Å². The summed E-state index contributed by atoms with van der Waals surface area (Å²) >= 11 is 0. The summed E-state index contributed by atoms with van der Waals surface area (Å²) < 4.78 is 16.1. The van der Waals surface area contributed by atoms with Crippen molar-refractivity contribution in [3.63, 3.8) is 0 Å². The highest BCUT2D eigenvalue weighted by Crippen LogP contribution is 2.27. The van der Waals surface area contributed by atoms with Crippen LogP contribution in [-0.4, -0.2) is 69.6 Å². The summed E-state index contributed by atoms with van der Waals surface area (Å²) in [6, 6.07) is 0.358. The number of likely N-dealkylation sites (N-methyl/N-ethyl adjacent to an activating group) is 1. The van der Waals surface area contributed by atoms with Gasteiger partial charge in [-0.25, -0.2) is 0 Å². The van der Waals surface area contributed by atoms with Gasteiger partial charge in [-0.05, 0) is 52.3 Å². The van der Waals surface area contributed by atoms with Crippen molar-refractivity contribution >= 4 is 5.91 Å². The van der Waals surface area contributed by atoms with Crippen LogP contribution >= 0.6 is 0 Å². The summed E-state index contributed by atoms with van der Waals surface area (Å²) in [5.74, 6) is -0.0165. The summed E-state index contributed by atoms with van der Waals surface area (Å²) in [7, 11) is 3.68. The molecule has 0 saturated carbocycles. The molecular formula is C22H40N2O4. The molecule has 1 heterocycles. The molecule has 1 saturated heterocycles. The summed E-state index contributed by atoms with van der Waals surface area (Å²) in [6.07, 6.45) is 3.84. The van der Waals surface area contributed by atoms with E-state index >= 15 is 0 Å². The molecule has 1 fully saturated rings. The molecule has 1 N–H and O–H groups in total. The first kappa shape index (κ1) is 24.8. The molecular weight excluding hydrogens is 356 g/mol. The highest BCUT2D eigenvalue weighted by Gasteiger charge is 2.36. The van der Waals surface area contributed by atoms with Gasteiger partial charge in [0.1, 0.15) is 0 Å². The van der Waals surface area contributed by atoms with E-state index < -0.39 is 5.54 Å². The maximum Gasteiger partial charge on any atom is 0.244 e. The molecule has 1 rings (SSSR count). The molecule has 6 heteroatoms. The Morgan fingerprint density at radius 3 is 2.43 bits per heavy atom. The summed E-state index contributed by atoms with van der Waals surface area (Å²) in [5.41, 5.74) is 0.859. The number of ether oxygens (including phenoxy) is 3. The third kappa shape index (κ3) is 7.32. The lowest BCUT2D eigenvalue weighted by molar-refractivity contribution is -0.132. The predicted octanol–water partition coefficient (Wildman–Crippen LogP) is 3.14. The number of rotatable bonds is 11. The van der Waals surface area contributed by atoms with Gasteiger partial charge in [-0.1, -0.05) is 20.4 Å². The zero-order chi connectivity index (χ0) is 21.4. The SMILES string of the molecule is C=C(/C=C(\C)NC(=O)C(C)(C)N(C)C1CCOCC1)C(C)(C)COCCOC. The highest BCUT2D eigenvalue weighted by atomic mass is 16.5. The van der Waals surface area contributed by atoms with Crippen LogP contribution in [-0.2, 0) is 19.0 Å². The molecule has 0 aliphatic carbocycles. The third-order valence-electron chi connectivity index (χ3n) is 5.64. The molecule has 0 aromatic heterocycles. The molecule has 0 radical (unpaired) electrons. The number of carbonyl (C=O) groups excluding carboxylic acids is 1. The van der Waals surface area contributed by atoms with Crippen molar-refractivity contribution in [1.82, 2.24) is 10.2 Å². The average Bonchev–Trinajstić information content (AvgIpc) is 2.65. The van der Waals surface area contributed by atoms with Gasteiger partial charge in [-0.15, -0.1) is 0 Å². The van der Waals surface area contributed by atoms with E-state index in [-0.39, 0.29) is 11.3 Å². The number of nitrogens with zero attached hydrogens (tertiary/aromatic N) is 1. The van der Waals surface area contributed by atoms with Crippen molar-refractivity contribution in [2.75, 3.05) is 47.2 Å². The molecule has 0 aromatic rings. The predicted molar refractivity (Wildman–Crippen MR) is 113 cm³/mol. The van der Waals surface area contributed by atoms with Gasteiger partial charge in [0.2, 0.25) is 5.91 Å². The molecule has 0 bridgehead atoms. The van der Waals surface area contributed by atoms with Crippen molar-refractivity contribution in [3.8, 4) is 0 Å².